The van der Waals surface area contributed by atoms with Crippen LogP contribution >= 0.6 is 0 Å². The van der Waals surface area contributed by atoms with E-state index in [0.717, 1.165) is 42.8 Å². The number of hydrogen-bond donors (Lipinski definition) is 2. The van der Waals surface area contributed by atoms with Crippen LogP contribution in [0.1, 0.15) is 29.8 Å². The summed E-state index contributed by atoms with van der Waals surface area (Å²) in [7, 11) is 0. The second-order valence-electron chi connectivity index (χ2n) is 7.33. The summed E-state index contributed by atoms with van der Waals surface area (Å²) in [5.41, 5.74) is 4.87. The minimum atomic E-state index is 0.742. The van der Waals surface area contributed by atoms with Gasteiger partial charge < -0.3 is 15.5 Å². The van der Waals surface area contributed by atoms with Gasteiger partial charge in [0.1, 0.15) is 17.5 Å². The molecule has 1 aromatic heterocycles. The second kappa shape index (κ2) is 8.30. The number of aryl methyl sites for hydroxylation is 2. The molecule has 0 unspecified atom stereocenters. The van der Waals surface area contributed by atoms with E-state index in [4.69, 9.17) is 0 Å². The maximum atomic E-state index is 4.53. The zero-order valence-corrected chi connectivity index (χ0v) is 16.6. The molecular weight excluding hydrogens is 346 g/mol. The summed E-state index contributed by atoms with van der Waals surface area (Å²) in [6.07, 6.45) is 2.58. The number of rotatable bonds is 6. The number of nitrogens with one attached hydrogen (secondary N) is 2. The Morgan fingerprint density at radius 1 is 0.893 bits per heavy atom. The quantitative estimate of drug-likeness (QED) is 0.633. The maximum absolute atomic E-state index is 4.53. The fourth-order valence-electron chi connectivity index (χ4n) is 3.60. The lowest BCUT2D eigenvalue weighted by Crippen LogP contribution is -2.17. The predicted octanol–water partition coefficient (Wildman–Crippen LogP) is 5.05. The predicted molar refractivity (Wildman–Crippen MR) is 116 cm³/mol. The Kier molecular flexibility index (Phi) is 5.42. The average Bonchev–Trinajstić information content (AvgIpc) is 3.22. The molecule has 0 radical (unpaired) electrons. The van der Waals surface area contributed by atoms with Gasteiger partial charge in [0, 0.05) is 37.1 Å². The van der Waals surface area contributed by atoms with Gasteiger partial charge in [-0.15, -0.1) is 0 Å². The molecule has 144 valence electrons. The first kappa shape index (κ1) is 18.3. The molecule has 0 amide bonds. The van der Waals surface area contributed by atoms with Crippen LogP contribution in [0.2, 0.25) is 0 Å². The minimum Gasteiger partial charge on any atom is -0.372 e. The van der Waals surface area contributed by atoms with Crippen LogP contribution < -0.4 is 15.5 Å². The van der Waals surface area contributed by atoms with Gasteiger partial charge in [-0.25, -0.2) is 9.97 Å². The summed E-state index contributed by atoms with van der Waals surface area (Å²) < 4.78 is 0. The molecule has 4 rings (SSSR count). The largest absolute Gasteiger partial charge is 0.372 e. The van der Waals surface area contributed by atoms with E-state index in [-0.39, 0.29) is 0 Å². The summed E-state index contributed by atoms with van der Waals surface area (Å²) in [6, 6.07) is 18.9. The van der Waals surface area contributed by atoms with Crippen molar-refractivity contribution in [1.82, 2.24) is 9.97 Å². The van der Waals surface area contributed by atoms with Crippen molar-refractivity contribution in [2.45, 2.75) is 33.2 Å². The van der Waals surface area contributed by atoms with Crippen molar-refractivity contribution in [1.29, 1.82) is 0 Å². The molecule has 0 saturated carbocycles. The van der Waals surface area contributed by atoms with E-state index in [0.29, 0.717) is 0 Å². The van der Waals surface area contributed by atoms with Crippen LogP contribution in [-0.2, 0) is 6.54 Å². The molecule has 0 spiro atoms. The Bertz CT molecular complexity index is 930. The minimum absolute atomic E-state index is 0.742. The standard InChI is InChI=1S/C23H27N5/c1-17-7-3-4-8-19(17)16-24-22-15-23(26-18(2)25-22)27-20-9-11-21(12-10-20)28-13-5-6-14-28/h3-4,7-12,15H,5-6,13-14,16H2,1-2H3,(H2,24,25,26,27). The molecule has 0 atom stereocenters. The molecule has 28 heavy (non-hydrogen) atoms. The van der Waals surface area contributed by atoms with E-state index in [1.807, 2.05) is 13.0 Å². The third kappa shape index (κ3) is 4.42. The van der Waals surface area contributed by atoms with Crippen LogP contribution in [0.4, 0.5) is 23.0 Å². The lowest BCUT2D eigenvalue weighted by atomic mass is 10.1. The third-order valence-electron chi connectivity index (χ3n) is 5.17. The number of benzene rings is 2. The van der Waals surface area contributed by atoms with Gasteiger partial charge in [-0.05, 0) is 62.1 Å². The fraction of sp³-hybridized carbons (Fsp3) is 0.304. The first-order valence-corrected chi connectivity index (χ1v) is 9.93. The summed E-state index contributed by atoms with van der Waals surface area (Å²) in [5, 5.41) is 6.82. The third-order valence-corrected chi connectivity index (χ3v) is 5.17. The van der Waals surface area contributed by atoms with Gasteiger partial charge in [-0.1, -0.05) is 24.3 Å². The smallest absolute Gasteiger partial charge is 0.136 e. The van der Waals surface area contributed by atoms with Crippen molar-refractivity contribution in [2.75, 3.05) is 28.6 Å². The highest BCUT2D eigenvalue weighted by Gasteiger charge is 2.12. The van der Waals surface area contributed by atoms with Crippen molar-refractivity contribution in [3.63, 3.8) is 0 Å². The topological polar surface area (TPSA) is 53.1 Å². The summed E-state index contributed by atoms with van der Waals surface area (Å²) >= 11 is 0. The van der Waals surface area contributed by atoms with Crippen molar-refractivity contribution >= 4 is 23.0 Å². The Labute approximate surface area is 166 Å². The highest BCUT2D eigenvalue weighted by atomic mass is 15.1. The Hall–Kier alpha value is -3.08. The van der Waals surface area contributed by atoms with Gasteiger partial charge in [-0.2, -0.15) is 0 Å². The van der Waals surface area contributed by atoms with E-state index in [1.165, 1.54) is 29.7 Å². The maximum Gasteiger partial charge on any atom is 0.136 e. The zero-order chi connectivity index (χ0) is 19.3. The van der Waals surface area contributed by atoms with E-state index < -0.39 is 0 Å². The summed E-state index contributed by atoms with van der Waals surface area (Å²) in [4.78, 5) is 11.5. The fourth-order valence-corrected chi connectivity index (χ4v) is 3.60. The van der Waals surface area contributed by atoms with Gasteiger partial charge in [0.2, 0.25) is 0 Å². The molecule has 1 aliphatic heterocycles. The normalized spacial score (nSPS) is 13.6. The molecular formula is C23H27N5. The molecule has 5 nitrogen and oxygen atoms in total. The van der Waals surface area contributed by atoms with E-state index in [1.54, 1.807) is 0 Å². The molecule has 0 bridgehead atoms. The van der Waals surface area contributed by atoms with Crippen LogP contribution in [0.5, 0.6) is 0 Å². The number of nitrogens with zero attached hydrogens (tertiary/aromatic N) is 3. The monoisotopic (exact) mass is 373 g/mol. The van der Waals surface area contributed by atoms with Crippen LogP contribution in [0.3, 0.4) is 0 Å². The number of anilines is 4. The number of hydrogen-bond acceptors (Lipinski definition) is 5. The zero-order valence-electron chi connectivity index (χ0n) is 16.6. The Balaban J connectivity index is 1.44. The summed E-state index contributed by atoms with van der Waals surface area (Å²) in [5.74, 6) is 2.37. The average molecular weight is 374 g/mol. The lowest BCUT2D eigenvalue weighted by molar-refractivity contribution is 0.949. The SMILES string of the molecule is Cc1nc(NCc2ccccc2C)cc(Nc2ccc(N3CCCC3)cc2)n1. The first-order valence-electron chi connectivity index (χ1n) is 9.93. The Morgan fingerprint density at radius 2 is 1.61 bits per heavy atom. The molecule has 3 aromatic rings. The molecule has 5 heteroatoms. The van der Waals surface area contributed by atoms with Gasteiger partial charge in [0.15, 0.2) is 0 Å². The van der Waals surface area contributed by atoms with E-state index >= 15 is 0 Å². The van der Waals surface area contributed by atoms with Crippen LogP contribution in [-0.4, -0.2) is 23.1 Å². The van der Waals surface area contributed by atoms with Crippen molar-refractivity contribution in [2.24, 2.45) is 0 Å². The highest BCUT2D eigenvalue weighted by Crippen LogP contribution is 2.24. The molecule has 2 heterocycles. The molecule has 1 aliphatic rings. The first-order chi connectivity index (χ1) is 13.7. The molecule has 1 fully saturated rings. The molecule has 0 aliphatic carbocycles. The van der Waals surface area contributed by atoms with Gasteiger partial charge in [0.05, 0.1) is 0 Å². The molecule has 2 aromatic carbocycles. The molecule has 2 N–H and O–H groups in total. The van der Waals surface area contributed by atoms with Crippen molar-refractivity contribution in [3.05, 3.63) is 71.5 Å². The molecule has 1 saturated heterocycles. The van der Waals surface area contributed by atoms with Crippen LogP contribution in [0.15, 0.2) is 54.6 Å². The van der Waals surface area contributed by atoms with Gasteiger partial charge in [0.25, 0.3) is 0 Å². The lowest BCUT2D eigenvalue weighted by Gasteiger charge is -2.18. The van der Waals surface area contributed by atoms with E-state index in [9.17, 15) is 0 Å². The van der Waals surface area contributed by atoms with Crippen LogP contribution in [0, 0.1) is 13.8 Å². The number of aromatic nitrogens is 2. The van der Waals surface area contributed by atoms with Gasteiger partial charge in [-0.3, -0.25) is 0 Å². The second-order valence-corrected chi connectivity index (χ2v) is 7.33. The van der Waals surface area contributed by atoms with Crippen molar-refractivity contribution < 1.29 is 0 Å². The van der Waals surface area contributed by atoms with Crippen molar-refractivity contribution in [3.8, 4) is 0 Å². The van der Waals surface area contributed by atoms with E-state index in [2.05, 4.69) is 81.0 Å². The Morgan fingerprint density at radius 3 is 2.36 bits per heavy atom. The highest BCUT2D eigenvalue weighted by molar-refractivity contribution is 5.62. The van der Waals surface area contributed by atoms with Crippen LogP contribution in [0.25, 0.3) is 0 Å². The summed E-state index contributed by atoms with van der Waals surface area (Å²) in [6.45, 7) is 7.11. The van der Waals surface area contributed by atoms with Gasteiger partial charge >= 0.3 is 0 Å².